The van der Waals surface area contributed by atoms with E-state index in [-0.39, 0.29) is 0 Å². The first-order chi connectivity index (χ1) is 6.74. The van der Waals surface area contributed by atoms with E-state index in [0.29, 0.717) is 0 Å². The molecule has 2 aromatic rings. The van der Waals surface area contributed by atoms with Gasteiger partial charge in [0.05, 0.1) is 0 Å². The average molecular weight is 188 g/mol. The van der Waals surface area contributed by atoms with Crippen molar-refractivity contribution >= 4 is 16.7 Å². The first-order valence-electron chi connectivity index (χ1n) is 4.99. The Balaban J connectivity index is 2.72. The van der Waals surface area contributed by atoms with Crippen LogP contribution in [-0.2, 0) is 6.54 Å². The van der Waals surface area contributed by atoms with E-state index >= 15 is 0 Å². The summed E-state index contributed by atoms with van der Waals surface area (Å²) >= 11 is 0. The molecule has 0 spiro atoms. The van der Waals surface area contributed by atoms with Crippen LogP contribution in [0, 0.1) is 0 Å². The number of fused-ring (bicyclic) bond motifs is 1. The van der Waals surface area contributed by atoms with Crippen molar-refractivity contribution in [1.29, 1.82) is 0 Å². The van der Waals surface area contributed by atoms with Crippen molar-refractivity contribution in [2.75, 3.05) is 19.0 Å². The van der Waals surface area contributed by atoms with Gasteiger partial charge in [-0.25, -0.2) is 0 Å². The third kappa shape index (κ3) is 1.27. The molecule has 0 unspecified atom stereocenters. The van der Waals surface area contributed by atoms with Gasteiger partial charge in [-0.3, -0.25) is 0 Å². The Hall–Kier alpha value is -1.44. The van der Waals surface area contributed by atoms with Gasteiger partial charge in [-0.2, -0.15) is 0 Å². The monoisotopic (exact) mass is 188 g/mol. The van der Waals surface area contributed by atoms with Gasteiger partial charge in [0.1, 0.15) is 5.82 Å². The molecule has 1 aromatic heterocycles. The average Bonchev–Trinajstić information content (AvgIpc) is 2.56. The van der Waals surface area contributed by atoms with Crippen LogP contribution >= 0.6 is 0 Å². The van der Waals surface area contributed by atoms with Crippen LogP contribution < -0.4 is 4.90 Å². The SMILES string of the molecule is CCn1c(N(C)C)cc2ccccc21. The molecule has 2 heteroatoms. The maximum atomic E-state index is 2.33. The molecule has 0 saturated heterocycles. The van der Waals surface area contributed by atoms with Crippen LogP contribution in [0.5, 0.6) is 0 Å². The minimum absolute atomic E-state index is 1.01. The summed E-state index contributed by atoms with van der Waals surface area (Å²) in [6.07, 6.45) is 0. The summed E-state index contributed by atoms with van der Waals surface area (Å²) in [6, 6.07) is 10.7. The Morgan fingerprint density at radius 1 is 1.21 bits per heavy atom. The predicted octanol–water partition coefficient (Wildman–Crippen LogP) is 2.73. The van der Waals surface area contributed by atoms with Crippen LogP contribution in [0.3, 0.4) is 0 Å². The second-order valence-corrected chi connectivity index (χ2v) is 3.70. The van der Waals surface area contributed by atoms with E-state index in [1.165, 1.54) is 16.7 Å². The zero-order chi connectivity index (χ0) is 10.1. The van der Waals surface area contributed by atoms with Gasteiger partial charge in [-0.1, -0.05) is 18.2 Å². The second kappa shape index (κ2) is 3.37. The molecule has 0 N–H and O–H groups in total. The molecule has 0 aliphatic rings. The molecule has 0 fully saturated rings. The topological polar surface area (TPSA) is 8.17 Å². The van der Waals surface area contributed by atoms with Gasteiger partial charge in [0.25, 0.3) is 0 Å². The van der Waals surface area contributed by atoms with E-state index in [1.54, 1.807) is 0 Å². The van der Waals surface area contributed by atoms with Crippen molar-refractivity contribution < 1.29 is 0 Å². The van der Waals surface area contributed by atoms with Gasteiger partial charge in [-0.15, -0.1) is 0 Å². The number of para-hydroxylation sites is 1. The summed E-state index contributed by atoms with van der Waals surface area (Å²) in [4.78, 5) is 2.16. The summed E-state index contributed by atoms with van der Waals surface area (Å²) in [5.41, 5.74) is 1.32. The molecular weight excluding hydrogens is 172 g/mol. The molecular formula is C12H16N2. The molecule has 2 rings (SSSR count). The lowest BCUT2D eigenvalue weighted by molar-refractivity contribution is 0.782. The van der Waals surface area contributed by atoms with Crippen molar-refractivity contribution in [3.8, 4) is 0 Å². The van der Waals surface area contributed by atoms with Crippen molar-refractivity contribution in [1.82, 2.24) is 4.57 Å². The van der Waals surface area contributed by atoms with Gasteiger partial charge >= 0.3 is 0 Å². The molecule has 0 amide bonds. The van der Waals surface area contributed by atoms with Crippen molar-refractivity contribution in [2.45, 2.75) is 13.5 Å². The Morgan fingerprint density at radius 3 is 2.57 bits per heavy atom. The highest BCUT2D eigenvalue weighted by molar-refractivity contribution is 5.85. The molecule has 0 aliphatic carbocycles. The highest BCUT2D eigenvalue weighted by atomic mass is 15.2. The lowest BCUT2D eigenvalue weighted by Crippen LogP contribution is -2.13. The lowest BCUT2D eigenvalue weighted by atomic mass is 10.2. The minimum atomic E-state index is 1.01. The molecule has 0 saturated carbocycles. The van der Waals surface area contributed by atoms with Crippen molar-refractivity contribution in [2.24, 2.45) is 0 Å². The van der Waals surface area contributed by atoms with Gasteiger partial charge in [-0.05, 0) is 19.1 Å². The summed E-state index contributed by atoms with van der Waals surface area (Å²) in [6.45, 7) is 3.19. The summed E-state index contributed by atoms with van der Waals surface area (Å²) in [5, 5.41) is 1.32. The number of rotatable bonds is 2. The van der Waals surface area contributed by atoms with E-state index in [4.69, 9.17) is 0 Å². The molecule has 1 heterocycles. The van der Waals surface area contributed by atoms with Crippen LogP contribution in [0.4, 0.5) is 5.82 Å². The normalized spacial score (nSPS) is 10.8. The van der Waals surface area contributed by atoms with Crippen LogP contribution in [0.2, 0.25) is 0 Å². The highest BCUT2D eigenvalue weighted by Crippen LogP contribution is 2.24. The van der Waals surface area contributed by atoms with Gasteiger partial charge < -0.3 is 9.47 Å². The number of hydrogen-bond acceptors (Lipinski definition) is 1. The fraction of sp³-hybridized carbons (Fsp3) is 0.333. The first-order valence-corrected chi connectivity index (χ1v) is 4.99. The summed E-state index contributed by atoms with van der Waals surface area (Å²) in [7, 11) is 4.17. The zero-order valence-corrected chi connectivity index (χ0v) is 8.99. The highest BCUT2D eigenvalue weighted by Gasteiger charge is 2.07. The van der Waals surface area contributed by atoms with E-state index in [9.17, 15) is 0 Å². The van der Waals surface area contributed by atoms with E-state index in [1.807, 2.05) is 0 Å². The van der Waals surface area contributed by atoms with Crippen molar-refractivity contribution in [3.05, 3.63) is 30.3 Å². The van der Waals surface area contributed by atoms with Gasteiger partial charge in [0, 0.05) is 31.5 Å². The fourth-order valence-electron chi connectivity index (χ4n) is 1.90. The van der Waals surface area contributed by atoms with Crippen molar-refractivity contribution in [3.63, 3.8) is 0 Å². The molecule has 74 valence electrons. The third-order valence-corrected chi connectivity index (χ3v) is 2.56. The molecule has 0 aliphatic heterocycles. The third-order valence-electron chi connectivity index (χ3n) is 2.56. The molecule has 0 bridgehead atoms. The number of aryl methyl sites for hydroxylation is 1. The maximum absolute atomic E-state index is 2.33. The number of nitrogens with zero attached hydrogens (tertiary/aromatic N) is 2. The minimum Gasteiger partial charge on any atom is -0.364 e. The molecule has 0 atom stereocenters. The number of benzene rings is 1. The predicted molar refractivity (Wildman–Crippen MR) is 61.9 cm³/mol. The summed E-state index contributed by atoms with van der Waals surface area (Å²) < 4.78 is 2.33. The summed E-state index contributed by atoms with van der Waals surface area (Å²) in [5.74, 6) is 1.27. The van der Waals surface area contributed by atoms with Crippen LogP contribution in [-0.4, -0.2) is 18.7 Å². The van der Waals surface area contributed by atoms with Gasteiger partial charge in [0.2, 0.25) is 0 Å². The molecule has 0 radical (unpaired) electrons. The van der Waals surface area contributed by atoms with Crippen LogP contribution in [0.15, 0.2) is 30.3 Å². The number of hydrogen-bond donors (Lipinski definition) is 0. The molecule has 14 heavy (non-hydrogen) atoms. The standard InChI is InChI=1S/C12H16N2/c1-4-14-11-8-6-5-7-10(11)9-12(14)13(2)3/h5-9H,4H2,1-3H3. The molecule has 2 nitrogen and oxygen atoms in total. The Kier molecular flexibility index (Phi) is 2.20. The quantitative estimate of drug-likeness (QED) is 0.703. The largest absolute Gasteiger partial charge is 0.364 e. The number of aromatic nitrogens is 1. The Bertz CT molecular complexity index is 441. The van der Waals surface area contributed by atoms with E-state index < -0.39 is 0 Å². The lowest BCUT2D eigenvalue weighted by Gasteiger charge is -2.15. The Labute approximate surface area is 84.8 Å². The Morgan fingerprint density at radius 2 is 1.93 bits per heavy atom. The van der Waals surface area contributed by atoms with E-state index in [0.717, 1.165) is 6.54 Å². The first kappa shape index (κ1) is 9.13. The zero-order valence-electron chi connectivity index (χ0n) is 8.99. The maximum Gasteiger partial charge on any atom is 0.109 e. The van der Waals surface area contributed by atoms with E-state index in [2.05, 4.69) is 60.8 Å². The second-order valence-electron chi connectivity index (χ2n) is 3.70. The van der Waals surface area contributed by atoms with Crippen LogP contribution in [0.25, 0.3) is 10.9 Å². The molecule has 1 aromatic carbocycles. The smallest absolute Gasteiger partial charge is 0.109 e. The fourth-order valence-corrected chi connectivity index (χ4v) is 1.90. The van der Waals surface area contributed by atoms with Gasteiger partial charge in [0.15, 0.2) is 0 Å². The van der Waals surface area contributed by atoms with Crippen LogP contribution in [0.1, 0.15) is 6.92 Å². The number of anilines is 1.